The SMILES string of the molecule is O=c1ccnc2sc(Oc3cncc(Br)c3)nn12. The number of nitrogens with zero attached hydrogens (tertiary/aromatic N) is 4. The molecule has 0 spiro atoms. The molecule has 18 heavy (non-hydrogen) atoms. The molecule has 3 heterocycles. The van der Waals surface area contributed by atoms with Crippen molar-refractivity contribution in [2.24, 2.45) is 0 Å². The van der Waals surface area contributed by atoms with Crippen molar-refractivity contribution in [3.05, 3.63) is 45.5 Å². The minimum absolute atomic E-state index is 0.238. The van der Waals surface area contributed by atoms with Gasteiger partial charge in [0.15, 0.2) is 0 Å². The van der Waals surface area contributed by atoms with E-state index in [1.54, 1.807) is 18.5 Å². The van der Waals surface area contributed by atoms with Gasteiger partial charge in [-0.2, -0.15) is 4.52 Å². The molecule has 0 unspecified atom stereocenters. The van der Waals surface area contributed by atoms with Crippen molar-refractivity contribution in [2.45, 2.75) is 0 Å². The van der Waals surface area contributed by atoms with Gasteiger partial charge < -0.3 is 4.74 Å². The summed E-state index contributed by atoms with van der Waals surface area (Å²) in [7, 11) is 0. The second kappa shape index (κ2) is 4.46. The van der Waals surface area contributed by atoms with E-state index in [-0.39, 0.29) is 5.56 Å². The van der Waals surface area contributed by atoms with Crippen LogP contribution in [-0.4, -0.2) is 19.6 Å². The lowest BCUT2D eigenvalue weighted by atomic mass is 10.5. The van der Waals surface area contributed by atoms with Gasteiger partial charge in [0.05, 0.1) is 6.20 Å². The molecule has 90 valence electrons. The Hall–Kier alpha value is -1.80. The van der Waals surface area contributed by atoms with E-state index in [0.29, 0.717) is 15.9 Å². The molecule has 0 N–H and O–H groups in total. The lowest BCUT2D eigenvalue weighted by molar-refractivity contribution is 0.467. The maximum absolute atomic E-state index is 11.5. The Bertz CT molecular complexity index is 770. The highest BCUT2D eigenvalue weighted by Crippen LogP contribution is 2.26. The summed E-state index contributed by atoms with van der Waals surface area (Å²) in [5.41, 5.74) is -0.238. The van der Waals surface area contributed by atoms with Crippen molar-refractivity contribution in [1.29, 1.82) is 0 Å². The maximum atomic E-state index is 11.5. The van der Waals surface area contributed by atoms with Crippen molar-refractivity contribution in [3.63, 3.8) is 0 Å². The molecule has 0 radical (unpaired) electrons. The van der Waals surface area contributed by atoms with Crippen molar-refractivity contribution < 1.29 is 4.74 Å². The van der Waals surface area contributed by atoms with Crippen LogP contribution in [0.2, 0.25) is 0 Å². The quantitative estimate of drug-likeness (QED) is 0.722. The zero-order valence-corrected chi connectivity index (χ0v) is 11.2. The largest absolute Gasteiger partial charge is 0.428 e. The average molecular weight is 325 g/mol. The van der Waals surface area contributed by atoms with Crippen molar-refractivity contribution in [2.75, 3.05) is 0 Å². The Kier molecular flexibility index (Phi) is 2.80. The van der Waals surface area contributed by atoms with Crippen molar-refractivity contribution in [1.82, 2.24) is 19.6 Å². The van der Waals surface area contributed by atoms with E-state index in [1.165, 1.54) is 28.1 Å². The summed E-state index contributed by atoms with van der Waals surface area (Å²) in [6.45, 7) is 0. The molecule has 0 amide bonds. The minimum atomic E-state index is -0.238. The molecule has 0 aliphatic rings. The molecule has 0 saturated heterocycles. The maximum Gasteiger partial charge on any atom is 0.300 e. The molecule has 3 rings (SSSR count). The summed E-state index contributed by atoms with van der Waals surface area (Å²) in [5.74, 6) is 0.538. The Morgan fingerprint density at radius 2 is 2.28 bits per heavy atom. The smallest absolute Gasteiger partial charge is 0.300 e. The molecule has 3 aromatic rings. The number of ether oxygens (including phenoxy) is 1. The first-order valence-corrected chi connectivity index (χ1v) is 6.46. The van der Waals surface area contributed by atoms with Crippen molar-refractivity contribution in [3.8, 4) is 10.9 Å². The topological polar surface area (TPSA) is 69.4 Å². The van der Waals surface area contributed by atoms with Gasteiger partial charge in [0.25, 0.3) is 10.8 Å². The monoisotopic (exact) mass is 324 g/mol. The molecule has 3 aromatic heterocycles. The van der Waals surface area contributed by atoms with Gasteiger partial charge in [-0.05, 0) is 33.3 Å². The molecule has 0 aliphatic carbocycles. The van der Waals surface area contributed by atoms with E-state index in [0.717, 1.165) is 4.47 Å². The molecule has 0 aliphatic heterocycles. The van der Waals surface area contributed by atoms with E-state index in [9.17, 15) is 4.79 Å². The van der Waals surface area contributed by atoms with Gasteiger partial charge in [0.1, 0.15) is 5.75 Å². The standard InChI is InChI=1S/C10H5BrN4O2S/c11-6-3-7(5-12-4-6)17-10-14-15-8(16)1-2-13-9(15)18-10/h1-5H. The Morgan fingerprint density at radius 3 is 3.06 bits per heavy atom. The third-order valence-corrected chi connectivity index (χ3v) is 3.27. The summed E-state index contributed by atoms with van der Waals surface area (Å²) >= 11 is 4.48. The number of hydrogen-bond acceptors (Lipinski definition) is 6. The molecule has 0 aromatic carbocycles. The molecule has 0 atom stereocenters. The van der Waals surface area contributed by atoms with Crippen LogP contribution in [0.1, 0.15) is 0 Å². The van der Waals surface area contributed by atoms with Crippen LogP contribution in [0.3, 0.4) is 0 Å². The first-order chi connectivity index (χ1) is 8.72. The molecule has 8 heteroatoms. The Morgan fingerprint density at radius 1 is 1.39 bits per heavy atom. The second-order valence-electron chi connectivity index (χ2n) is 3.29. The highest BCUT2D eigenvalue weighted by atomic mass is 79.9. The lowest BCUT2D eigenvalue weighted by Crippen LogP contribution is -2.12. The van der Waals surface area contributed by atoms with Gasteiger partial charge in [0, 0.05) is 22.9 Å². The van der Waals surface area contributed by atoms with Crippen LogP contribution in [0.4, 0.5) is 0 Å². The van der Waals surface area contributed by atoms with Gasteiger partial charge in [-0.15, -0.1) is 5.10 Å². The third-order valence-electron chi connectivity index (χ3n) is 2.04. The molecule has 6 nitrogen and oxygen atoms in total. The summed E-state index contributed by atoms with van der Waals surface area (Å²) in [6.07, 6.45) is 4.66. The molecular weight excluding hydrogens is 320 g/mol. The number of aromatic nitrogens is 4. The van der Waals surface area contributed by atoms with Crippen molar-refractivity contribution >= 4 is 32.2 Å². The minimum Gasteiger partial charge on any atom is -0.428 e. The van der Waals surface area contributed by atoms with Gasteiger partial charge in [0.2, 0.25) is 4.96 Å². The number of rotatable bonds is 2. The fraction of sp³-hybridized carbons (Fsp3) is 0. The number of fused-ring (bicyclic) bond motifs is 1. The van der Waals surface area contributed by atoms with E-state index in [2.05, 4.69) is 31.0 Å². The number of halogens is 1. The summed E-state index contributed by atoms with van der Waals surface area (Å²) in [6, 6.07) is 3.10. The zero-order chi connectivity index (χ0) is 12.5. The van der Waals surface area contributed by atoms with Crippen LogP contribution in [0.25, 0.3) is 4.96 Å². The van der Waals surface area contributed by atoms with Crippen LogP contribution < -0.4 is 10.3 Å². The summed E-state index contributed by atoms with van der Waals surface area (Å²) in [4.78, 5) is 20.0. The van der Waals surface area contributed by atoms with E-state index in [4.69, 9.17) is 4.74 Å². The summed E-state index contributed by atoms with van der Waals surface area (Å²) in [5, 5.41) is 4.37. The van der Waals surface area contributed by atoms with Crippen LogP contribution in [-0.2, 0) is 0 Å². The molecular formula is C10H5BrN4O2S. The van der Waals surface area contributed by atoms with Gasteiger partial charge in [-0.3, -0.25) is 9.78 Å². The predicted octanol–water partition coefficient (Wildman–Crippen LogP) is 2.10. The number of hydrogen-bond donors (Lipinski definition) is 0. The Labute approximate surface area is 113 Å². The highest BCUT2D eigenvalue weighted by Gasteiger charge is 2.08. The zero-order valence-electron chi connectivity index (χ0n) is 8.78. The fourth-order valence-electron chi connectivity index (χ4n) is 1.32. The number of pyridine rings is 1. The van der Waals surface area contributed by atoms with E-state index in [1.807, 2.05) is 0 Å². The van der Waals surface area contributed by atoms with Crippen LogP contribution in [0, 0.1) is 0 Å². The first-order valence-electron chi connectivity index (χ1n) is 4.86. The van der Waals surface area contributed by atoms with Crippen LogP contribution >= 0.6 is 27.3 Å². The third kappa shape index (κ3) is 2.12. The van der Waals surface area contributed by atoms with Gasteiger partial charge in [-0.25, -0.2) is 4.98 Å². The average Bonchev–Trinajstić information content (AvgIpc) is 2.73. The summed E-state index contributed by atoms with van der Waals surface area (Å²) < 4.78 is 7.52. The lowest BCUT2D eigenvalue weighted by Gasteiger charge is -1.99. The first kappa shape index (κ1) is 11.3. The molecule has 0 saturated carbocycles. The molecule has 0 fully saturated rings. The second-order valence-corrected chi connectivity index (χ2v) is 5.12. The van der Waals surface area contributed by atoms with Crippen LogP contribution in [0.15, 0.2) is 40.0 Å². The van der Waals surface area contributed by atoms with E-state index >= 15 is 0 Å². The van der Waals surface area contributed by atoms with E-state index < -0.39 is 0 Å². The predicted molar refractivity (Wildman–Crippen MR) is 69.1 cm³/mol. The molecule has 0 bridgehead atoms. The highest BCUT2D eigenvalue weighted by molar-refractivity contribution is 9.10. The van der Waals surface area contributed by atoms with Gasteiger partial charge >= 0.3 is 0 Å². The van der Waals surface area contributed by atoms with Gasteiger partial charge in [-0.1, -0.05) is 0 Å². The van der Waals surface area contributed by atoms with Crippen LogP contribution in [0.5, 0.6) is 10.9 Å². The Balaban J connectivity index is 2.01. The normalized spacial score (nSPS) is 10.7. The fourth-order valence-corrected chi connectivity index (χ4v) is 2.41.